The number of fused-ring (bicyclic) bond motifs is 3. The van der Waals surface area contributed by atoms with Crippen molar-refractivity contribution in [2.75, 3.05) is 0 Å². The number of aromatic nitrogens is 3. The van der Waals surface area contributed by atoms with Crippen LogP contribution in [0.25, 0.3) is 38.9 Å². The molecule has 1 radical (unpaired) electrons. The molecule has 0 N–H and O–H groups in total. The zero-order valence-corrected chi connectivity index (χ0v) is 25.4. The van der Waals surface area contributed by atoms with Crippen molar-refractivity contribution in [3.8, 4) is 16.9 Å². The van der Waals surface area contributed by atoms with Crippen LogP contribution in [-0.2, 0) is 20.1 Å². The molecule has 6 heteroatoms. The Bertz CT molecular complexity index is 2060. The summed E-state index contributed by atoms with van der Waals surface area (Å²) in [5.74, 6) is 0. The molecular weight excluding hydrogens is 707 g/mol. The van der Waals surface area contributed by atoms with Gasteiger partial charge in [-0.15, -0.1) is 42.0 Å². The van der Waals surface area contributed by atoms with Gasteiger partial charge >= 0.3 is 6.01 Å². The summed E-state index contributed by atoms with van der Waals surface area (Å²) in [6, 6.07) is 52.4. The van der Waals surface area contributed by atoms with Gasteiger partial charge in [-0.05, 0) is 40.9 Å². The van der Waals surface area contributed by atoms with Gasteiger partial charge in [-0.2, -0.15) is 6.07 Å². The van der Waals surface area contributed by atoms with Crippen molar-refractivity contribution in [2.24, 2.45) is 0 Å². The van der Waals surface area contributed by atoms with Crippen molar-refractivity contribution in [1.29, 1.82) is 0 Å². The Kier molecular flexibility index (Phi) is 8.26. The Morgan fingerprint density at radius 3 is 2.16 bits per heavy atom. The molecule has 0 unspecified atom stereocenters. The Hall–Kier alpha value is -5.25. The van der Waals surface area contributed by atoms with Crippen LogP contribution in [0.5, 0.6) is 0 Å². The fourth-order valence-electron chi connectivity index (χ4n) is 5.00. The Morgan fingerprint density at radius 2 is 1.40 bits per heavy atom. The van der Waals surface area contributed by atoms with E-state index in [4.69, 9.17) is 0 Å². The molecule has 8 rings (SSSR count). The van der Waals surface area contributed by atoms with Gasteiger partial charge in [0, 0.05) is 50.3 Å². The van der Waals surface area contributed by atoms with Crippen LogP contribution in [0.15, 0.2) is 152 Å². The third-order valence-electron chi connectivity index (χ3n) is 6.98. The fourth-order valence-corrected chi connectivity index (χ4v) is 5.00. The van der Waals surface area contributed by atoms with E-state index in [0.29, 0.717) is 0 Å². The topological polar surface area (TPSA) is 36.7 Å². The first kappa shape index (κ1) is 27.9. The molecule has 43 heavy (non-hydrogen) atoms. The first-order chi connectivity index (χ1) is 20.8. The number of pyridine rings is 2. The summed E-state index contributed by atoms with van der Waals surface area (Å²) in [6.07, 6.45) is 7.63. The molecule has 4 heterocycles. The molecule has 0 saturated heterocycles. The Labute approximate surface area is 263 Å². The molecule has 0 bridgehead atoms. The SMILES string of the molecule is C1=[N+](c2[c-]cc3c4cccnc4n(-c4ccccc4)c3c2)C=C[N+]=1c1ccccc1.[Ir].[c-]1ccccc1-c1ccccn1. The van der Waals surface area contributed by atoms with E-state index in [1.54, 1.807) is 6.20 Å². The Morgan fingerprint density at radius 1 is 0.651 bits per heavy atom. The maximum Gasteiger partial charge on any atom is 0.499 e. The minimum atomic E-state index is 0. The predicted molar refractivity (Wildman–Crippen MR) is 166 cm³/mol. The number of nitrogens with zero attached hydrogens (tertiary/aromatic N) is 5. The van der Waals surface area contributed by atoms with E-state index in [-0.39, 0.29) is 20.1 Å². The van der Waals surface area contributed by atoms with Crippen molar-refractivity contribution in [1.82, 2.24) is 14.5 Å². The molecule has 5 nitrogen and oxygen atoms in total. The monoisotopic (exact) mass is 732 g/mol. The molecule has 1 aliphatic heterocycles. The van der Waals surface area contributed by atoms with E-state index in [1.807, 2.05) is 101 Å². The van der Waals surface area contributed by atoms with Crippen molar-refractivity contribution < 1.29 is 29.3 Å². The third-order valence-corrected chi connectivity index (χ3v) is 6.98. The summed E-state index contributed by atoms with van der Waals surface area (Å²) in [5.41, 5.74) is 7.13. The molecule has 0 amide bonds. The summed E-state index contributed by atoms with van der Waals surface area (Å²) in [5, 5.41) is 2.25. The van der Waals surface area contributed by atoms with Gasteiger partial charge in [0.05, 0.1) is 0 Å². The summed E-state index contributed by atoms with van der Waals surface area (Å²) in [4.78, 5) is 8.89. The third kappa shape index (κ3) is 5.76. The summed E-state index contributed by atoms with van der Waals surface area (Å²) in [6.45, 7) is 0. The van der Waals surface area contributed by atoms with Gasteiger partial charge in [0.15, 0.2) is 0 Å². The number of hydrogen-bond acceptors (Lipinski definition) is 2. The van der Waals surface area contributed by atoms with E-state index >= 15 is 0 Å². The fraction of sp³-hybridized carbons (Fsp3) is 0. The zero-order chi connectivity index (χ0) is 28.1. The smallest absolute Gasteiger partial charge is 0.318 e. The molecule has 0 spiro atoms. The molecule has 0 fully saturated rings. The first-order valence-corrected chi connectivity index (χ1v) is 13.7. The number of rotatable bonds is 4. The quantitative estimate of drug-likeness (QED) is 0.135. The number of hydrogen-bond donors (Lipinski definition) is 0. The minimum Gasteiger partial charge on any atom is -0.318 e. The van der Waals surface area contributed by atoms with Crippen LogP contribution in [0.2, 0.25) is 0 Å². The summed E-state index contributed by atoms with van der Waals surface area (Å²) < 4.78 is 6.15. The Balaban J connectivity index is 0.000000213. The van der Waals surface area contributed by atoms with E-state index < -0.39 is 0 Å². The van der Waals surface area contributed by atoms with Crippen molar-refractivity contribution in [3.05, 3.63) is 164 Å². The second-order valence-corrected chi connectivity index (χ2v) is 9.63. The van der Waals surface area contributed by atoms with Gasteiger partial charge < -0.3 is 9.55 Å². The first-order valence-electron chi connectivity index (χ1n) is 13.7. The zero-order valence-electron chi connectivity index (χ0n) is 23.0. The van der Waals surface area contributed by atoms with Gasteiger partial charge in [-0.3, -0.25) is 0 Å². The van der Waals surface area contributed by atoms with Gasteiger partial charge in [-0.25, -0.2) is 4.98 Å². The maximum atomic E-state index is 4.67. The molecule has 7 aromatic rings. The molecule has 4 aromatic carbocycles. The van der Waals surface area contributed by atoms with Crippen LogP contribution in [0.1, 0.15) is 0 Å². The van der Waals surface area contributed by atoms with Gasteiger partial charge in [0.1, 0.15) is 11.3 Å². The van der Waals surface area contributed by atoms with E-state index in [0.717, 1.165) is 50.3 Å². The largest absolute Gasteiger partial charge is 0.499 e. The predicted octanol–water partition coefficient (Wildman–Crippen LogP) is 8.17. The maximum absolute atomic E-state index is 4.67. The van der Waals surface area contributed by atoms with Crippen LogP contribution in [-0.4, -0.2) is 29.7 Å². The van der Waals surface area contributed by atoms with Crippen LogP contribution in [0.3, 0.4) is 0 Å². The van der Waals surface area contributed by atoms with E-state index in [1.165, 1.54) is 0 Å². The van der Waals surface area contributed by atoms with E-state index in [9.17, 15) is 0 Å². The van der Waals surface area contributed by atoms with Crippen LogP contribution in [0, 0.1) is 12.1 Å². The molecule has 0 saturated carbocycles. The van der Waals surface area contributed by atoms with Crippen LogP contribution >= 0.6 is 0 Å². The standard InChI is InChI=1S/C26H17N4.C11H8N.Ir/c1-3-8-20(9-4-1)28-16-17-29(19-28)22-13-14-23-24-12-7-15-27-26(24)30(25(23)18-22)21-10-5-2-6-11-21;1-2-6-10(7-3-1)11-8-4-5-9-12-11;/h1-12,14-18H;1-6,8-9H;/q+1;-1;. The number of para-hydroxylation sites is 2. The second kappa shape index (κ2) is 12.7. The molecule has 0 aliphatic carbocycles. The van der Waals surface area contributed by atoms with E-state index in [2.05, 4.69) is 87.3 Å². The summed E-state index contributed by atoms with van der Waals surface area (Å²) in [7, 11) is 0. The number of benzene rings is 4. The van der Waals surface area contributed by atoms with Crippen molar-refractivity contribution >= 4 is 39.3 Å². The molecule has 0 atom stereocenters. The molecule has 3 aromatic heterocycles. The van der Waals surface area contributed by atoms with Crippen LogP contribution in [0.4, 0.5) is 11.4 Å². The molecular formula is C37H25IrN5. The summed E-state index contributed by atoms with van der Waals surface area (Å²) >= 11 is 0. The van der Waals surface area contributed by atoms with Crippen molar-refractivity contribution in [3.63, 3.8) is 0 Å². The molecule has 207 valence electrons. The normalized spacial score (nSPS) is 11.8. The van der Waals surface area contributed by atoms with Crippen molar-refractivity contribution in [2.45, 2.75) is 0 Å². The minimum absolute atomic E-state index is 0. The van der Waals surface area contributed by atoms with Gasteiger partial charge in [-0.1, -0.05) is 75.2 Å². The average molecular weight is 732 g/mol. The van der Waals surface area contributed by atoms with Gasteiger partial charge in [0.25, 0.3) is 12.4 Å². The molecule has 1 aliphatic rings. The van der Waals surface area contributed by atoms with Gasteiger partial charge in [0.2, 0.25) is 5.69 Å². The second-order valence-electron chi connectivity index (χ2n) is 9.63. The van der Waals surface area contributed by atoms with Crippen LogP contribution < -0.4 is 0 Å². The average Bonchev–Trinajstić information content (AvgIpc) is 3.70.